The van der Waals surface area contributed by atoms with E-state index in [-0.39, 0.29) is 25.4 Å². The molecule has 0 aliphatic carbocycles. The van der Waals surface area contributed by atoms with Crippen molar-refractivity contribution < 1.29 is 17.9 Å². The van der Waals surface area contributed by atoms with E-state index in [1.807, 2.05) is 0 Å². The van der Waals surface area contributed by atoms with Gasteiger partial charge in [-0.15, -0.1) is 0 Å². The minimum atomic E-state index is -3.50. The minimum absolute atomic E-state index is 0.0178. The van der Waals surface area contributed by atoms with Crippen molar-refractivity contribution in [1.29, 1.82) is 0 Å². The summed E-state index contributed by atoms with van der Waals surface area (Å²) in [7, 11) is -3.50. The lowest BCUT2D eigenvalue weighted by atomic mass is 10.1. The van der Waals surface area contributed by atoms with Gasteiger partial charge in [0.15, 0.2) is 0 Å². The molecule has 0 bridgehead atoms. The van der Waals surface area contributed by atoms with Gasteiger partial charge < -0.3 is 16.2 Å². The van der Waals surface area contributed by atoms with E-state index in [0.29, 0.717) is 5.56 Å². The van der Waals surface area contributed by atoms with Gasteiger partial charge >= 0.3 is 6.09 Å². The second-order valence-electron chi connectivity index (χ2n) is 3.79. The van der Waals surface area contributed by atoms with Gasteiger partial charge in [0.05, 0.1) is 5.75 Å². The van der Waals surface area contributed by atoms with Gasteiger partial charge in [0, 0.05) is 13.1 Å². The molecular weight excluding hydrogens is 270 g/mol. The predicted octanol–water partition coefficient (Wildman–Crippen LogP) is -0.340. The Balaban J connectivity index is 2.56. The van der Waals surface area contributed by atoms with Crippen molar-refractivity contribution in [3.05, 3.63) is 35.4 Å². The van der Waals surface area contributed by atoms with Crippen molar-refractivity contribution in [3.8, 4) is 0 Å². The summed E-state index contributed by atoms with van der Waals surface area (Å²) < 4.78 is 30.3. The van der Waals surface area contributed by atoms with Crippen molar-refractivity contribution >= 4 is 16.1 Å². The Labute approximate surface area is 112 Å². The molecule has 0 aromatic heterocycles. The molecule has 1 aromatic rings. The Kier molecular flexibility index (Phi) is 5.74. The van der Waals surface area contributed by atoms with Crippen molar-refractivity contribution in [2.75, 3.05) is 13.2 Å². The summed E-state index contributed by atoms with van der Waals surface area (Å²) in [5.74, 6) is -0.170. The summed E-state index contributed by atoms with van der Waals surface area (Å²) in [6, 6.07) is 7.04. The summed E-state index contributed by atoms with van der Waals surface area (Å²) in [5, 5.41) is 0. The fraction of sp³-hybridized carbons (Fsp3) is 0.364. The summed E-state index contributed by atoms with van der Waals surface area (Å²) in [6.07, 6.45) is -0.937. The highest BCUT2D eigenvalue weighted by molar-refractivity contribution is 7.88. The first kappa shape index (κ1) is 15.4. The van der Waals surface area contributed by atoms with Crippen molar-refractivity contribution in [1.82, 2.24) is 4.72 Å². The van der Waals surface area contributed by atoms with Gasteiger partial charge in [-0.05, 0) is 11.1 Å². The number of nitrogens with two attached hydrogens (primary N) is 2. The van der Waals surface area contributed by atoms with Crippen molar-refractivity contribution in [2.24, 2.45) is 11.5 Å². The third-order valence-electron chi connectivity index (χ3n) is 2.35. The lowest BCUT2D eigenvalue weighted by molar-refractivity contribution is 0.159. The second kappa shape index (κ2) is 7.07. The van der Waals surface area contributed by atoms with Crippen LogP contribution in [0, 0.1) is 0 Å². The van der Waals surface area contributed by atoms with Crippen LogP contribution in [0.15, 0.2) is 24.3 Å². The number of carbonyl (C=O) groups excluding carboxylic acids is 1. The van der Waals surface area contributed by atoms with Crippen LogP contribution >= 0.6 is 0 Å². The third kappa shape index (κ3) is 5.69. The second-order valence-corrected chi connectivity index (χ2v) is 5.60. The van der Waals surface area contributed by atoms with Gasteiger partial charge in [0.25, 0.3) is 0 Å². The lowest BCUT2D eigenvalue weighted by Crippen LogP contribution is -2.30. The lowest BCUT2D eigenvalue weighted by Gasteiger charge is -2.09. The van der Waals surface area contributed by atoms with Crippen LogP contribution in [0.3, 0.4) is 0 Å². The number of benzene rings is 1. The van der Waals surface area contributed by atoms with Crippen LogP contribution in [-0.4, -0.2) is 27.7 Å². The zero-order valence-corrected chi connectivity index (χ0v) is 11.2. The molecule has 0 unspecified atom stereocenters. The topological polar surface area (TPSA) is 125 Å². The van der Waals surface area contributed by atoms with E-state index in [1.165, 1.54) is 0 Å². The average Bonchev–Trinajstić information content (AvgIpc) is 2.35. The fourth-order valence-corrected chi connectivity index (χ4v) is 2.69. The maximum Gasteiger partial charge on any atom is 0.404 e. The van der Waals surface area contributed by atoms with Crippen LogP contribution < -0.4 is 16.2 Å². The first-order chi connectivity index (χ1) is 8.94. The number of amides is 1. The number of ether oxygens (including phenoxy) is 1. The standard InChI is InChI=1S/C11H17N3O4S/c12-7-9-3-1-2-4-10(9)8-19(16,17)14-5-6-18-11(13)15/h1-4,14H,5-8,12H2,(H2,13,15). The van der Waals surface area contributed by atoms with E-state index in [1.54, 1.807) is 24.3 Å². The zero-order chi connectivity index (χ0) is 14.3. The minimum Gasteiger partial charge on any atom is -0.448 e. The Hall–Kier alpha value is -1.64. The molecule has 19 heavy (non-hydrogen) atoms. The number of sulfonamides is 1. The summed E-state index contributed by atoms with van der Waals surface area (Å²) in [4.78, 5) is 10.3. The predicted molar refractivity (Wildman–Crippen MR) is 70.5 cm³/mol. The van der Waals surface area contributed by atoms with Crippen molar-refractivity contribution in [2.45, 2.75) is 12.3 Å². The summed E-state index contributed by atoms with van der Waals surface area (Å²) in [5.41, 5.74) is 11.7. The number of nitrogens with one attached hydrogen (secondary N) is 1. The molecule has 1 rings (SSSR count). The van der Waals surface area contributed by atoms with E-state index < -0.39 is 16.1 Å². The van der Waals surface area contributed by atoms with E-state index in [9.17, 15) is 13.2 Å². The quantitative estimate of drug-likeness (QED) is 0.592. The van der Waals surface area contributed by atoms with Gasteiger partial charge in [-0.1, -0.05) is 24.3 Å². The molecule has 0 spiro atoms. The number of hydrogen-bond acceptors (Lipinski definition) is 5. The van der Waals surface area contributed by atoms with Crippen LogP contribution in [0.25, 0.3) is 0 Å². The number of carbonyl (C=O) groups is 1. The molecule has 1 amide bonds. The zero-order valence-electron chi connectivity index (χ0n) is 10.3. The molecule has 0 atom stereocenters. The molecule has 1 aromatic carbocycles. The Morgan fingerprint density at radius 1 is 1.26 bits per heavy atom. The Bertz CT molecular complexity index is 530. The Morgan fingerprint density at radius 3 is 2.47 bits per heavy atom. The highest BCUT2D eigenvalue weighted by Gasteiger charge is 2.13. The van der Waals surface area contributed by atoms with Gasteiger partial charge in [-0.2, -0.15) is 0 Å². The molecule has 0 heterocycles. The first-order valence-corrected chi connectivity index (χ1v) is 7.26. The smallest absolute Gasteiger partial charge is 0.404 e. The van der Waals surface area contributed by atoms with E-state index in [2.05, 4.69) is 9.46 Å². The molecule has 8 heteroatoms. The van der Waals surface area contributed by atoms with E-state index in [4.69, 9.17) is 11.5 Å². The van der Waals surface area contributed by atoms with E-state index in [0.717, 1.165) is 5.56 Å². The largest absolute Gasteiger partial charge is 0.448 e. The molecule has 0 aliphatic heterocycles. The number of primary amides is 1. The normalized spacial score (nSPS) is 11.2. The fourth-order valence-electron chi connectivity index (χ4n) is 1.50. The number of hydrogen-bond donors (Lipinski definition) is 3. The first-order valence-electron chi connectivity index (χ1n) is 5.61. The van der Waals surface area contributed by atoms with Gasteiger partial charge in [-0.3, -0.25) is 0 Å². The molecule has 0 fully saturated rings. The monoisotopic (exact) mass is 287 g/mol. The molecule has 0 saturated heterocycles. The van der Waals surface area contributed by atoms with Gasteiger partial charge in [0.2, 0.25) is 10.0 Å². The van der Waals surface area contributed by atoms with Gasteiger partial charge in [0.1, 0.15) is 6.61 Å². The SMILES string of the molecule is NCc1ccccc1CS(=O)(=O)NCCOC(N)=O. The van der Waals surface area contributed by atoms with Crippen LogP contribution in [0.5, 0.6) is 0 Å². The molecule has 0 aliphatic rings. The average molecular weight is 287 g/mol. The van der Waals surface area contributed by atoms with Gasteiger partial charge in [-0.25, -0.2) is 17.9 Å². The van der Waals surface area contributed by atoms with Crippen LogP contribution in [-0.2, 0) is 27.1 Å². The molecule has 5 N–H and O–H groups in total. The molecule has 0 radical (unpaired) electrons. The molecule has 106 valence electrons. The summed E-state index contributed by atoms with van der Waals surface area (Å²) >= 11 is 0. The van der Waals surface area contributed by atoms with E-state index >= 15 is 0 Å². The molecular formula is C11H17N3O4S. The summed E-state index contributed by atoms with van der Waals surface area (Å²) in [6.45, 7) is 0.152. The molecule has 0 saturated carbocycles. The van der Waals surface area contributed by atoms with Crippen LogP contribution in [0.1, 0.15) is 11.1 Å². The third-order valence-corrected chi connectivity index (χ3v) is 3.69. The van der Waals surface area contributed by atoms with Crippen molar-refractivity contribution in [3.63, 3.8) is 0 Å². The Morgan fingerprint density at radius 2 is 1.89 bits per heavy atom. The molecule has 7 nitrogen and oxygen atoms in total. The van der Waals surface area contributed by atoms with Crippen LogP contribution in [0.4, 0.5) is 4.79 Å². The maximum atomic E-state index is 11.8. The highest BCUT2D eigenvalue weighted by atomic mass is 32.2. The highest BCUT2D eigenvalue weighted by Crippen LogP contribution is 2.11. The number of rotatable bonds is 7. The maximum absolute atomic E-state index is 11.8. The van der Waals surface area contributed by atoms with Crippen LogP contribution in [0.2, 0.25) is 0 Å².